The van der Waals surface area contributed by atoms with Crippen molar-refractivity contribution in [1.29, 1.82) is 0 Å². The number of hydrazine groups is 1. The molecule has 0 saturated heterocycles. The van der Waals surface area contributed by atoms with Crippen LogP contribution in [0.25, 0.3) is 10.2 Å². The molecule has 0 aliphatic rings. The van der Waals surface area contributed by atoms with E-state index in [-0.39, 0.29) is 0 Å². The molecule has 3 aromatic rings. The van der Waals surface area contributed by atoms with Crippen molar-refractivity contribution >= 4 is 33.3 Å². The third-order valence-electron chi connectivity index (χ3n) is 2.90. The van der Waals surface area contributed by atoms with E-state index in [1.165, 1.54) is 4.88 Å². The number of nitrogen functional groups attached to an aromatic ring is 1. The number of nitrogens with two attached hydrogens (primary N) is 1. The SMILES string of the molecule is CCc1cc2c(NCc3noc(C)n3)nc(NN)nc2s1. The van der Waals surface area contributed by atoms with E-state index in [1.807, 2.05) is 0 Å². The summed E-state index contributed by atoms with van der Waals surface area (Å²) in [6.45, 7) is 4.28. The van der Waals surface area contributed by atoms with Gasteiger partial charge < -0.3 is 9.84 Å². The maximum Gasteiger partial charge on any atom is 0.240 e. The van der Waals surface area contributed by atoms with Crippen LogP contribution < -0.4 is 16.6 Å². The van der Waals surface area contributed by atoms with Crippen molar-refractivity contribution in [2.24, 2.45) is 5.84 Å². The number of hydrogen-bond donors (Lipinski definition) is 3. The van der Waals surface area contributed by atoms with Crippen molar-refractivity contribution in [3.63, 3.8) is 0 Å². The third-order valence-corrected chi connectivity index (χ3v) is 4.08. The number of hydrogen-bond acceptors (Lipinski definition) is 9. The van der Waals surface area contributed by atoms with Crippen LogP contribution in [0.5, 0.6) is 0 Å². The lowest BCUT2D eigenvalue weighted by Gasteiger charge is -2.06. The Labute approximate surface area is 124 Å². The summed E-state index contributed by atoms with van der Waals surface area (Å²) in [6, 6.07) is 2.09. The monoisotopic (exact) mass is 305 g/mol. The summed E-state index contributed by atoms with van der Waals surface area (Å²) in [7, 11) is 0. The lowest BCUT2D eigenvalue weighted by Crippen LogP contribution is -2.12. The van der Waals surface area contributed by atoms with E-state index in [4.69, 9.17) is 10.4 Å². The van der Waals surface area contributed by atoms with Crippen LogP contribution in [0.15, 0.2) is 10.6 Å². The summed E-state index contributed by atoms with van der Waals surface area (Å²) in [4.78, 5) is 15.0. The zero-order valence-electron chi connectivity index (χ0n) is 11.7. The number of thiophene rings is 1. The van der Waals surface area contributed by atoms with Gasteiger partial charge in [0.25, 0.3) is 0 Å². The number of anilines is 2. The van der Waals surface area contributed by atoms with Gasteiger partial charge in [0.05, 0.1) is 11.9 Å². The molecule has 3 rings (SSSR count). The van der Waals surface area contributed by atoms with E-state index in [0.29, 0.717) is 30.0 Å². The highest BCUT2D eigenvalue weighted by atomic mass is 32.1. The molecule has 0 radical (unpaired) electrons. The average molecular weight is 305 g/mol. The molecule has 21 heavy (non-hydrogen) atoms. The summed E-state index contributed by atoms with van der Waals surface area (Å²) >= 11 is 1.63. The van der Waals surface area contributed by atoms with Crippen LogP contribution in [0.4, 0.5) is 11.8 Å². The third kappa shape index (κ3) is 2.78. The summed E-state index contributed by atoms with van der Waals surface area (Å²) in [6.07, 6.45) is 0.954. The Morgan fingerprint density at radius 3 is 2.86 bits per heavy atom. The van der Waals surface area contributed by atoms with E-state index in [9.17, 15) is 0 Å². The van der Waals surface area contributed by atoms with E-state index in [1.54, 1.807) is 18.3 Å². The number of fused-ring (bicyclic) bond motifs is 1. The fourth-order valence-electron chi connectivity index (χ4n) is 1.92. The van der Waals surface area contributed by atoms with Crippen molar-refractivity contribution in [2.45, 2.75) is 26.8 Å². The standard InChI is InChI=1S/C12H15N7OS/c1-3-7-4-8-10(14-5-9-15-6(2)20-19-9)16-12(18-13)17-11(8)21-7/h4H,3,5,13H2,1-2H3,(H2,14,16,17,18). The Kier molecular flexibility index (Phi) is 3.67. The van der Waals surface area contributed by atoms with Gasteiger partial charge in [-0.25, -0.2) is 10.8 Å². The Bertz CT molecular complexity index is 766. The molecule has 0 saturated carbocycles. The van der Waals surface area contributed by atoms with Crippen molar-refractivity contribution < 1.29 is 4.52 Å². The minimum Gasteiger partial charge on any atom is -0.362 e. The van der Waals surface area contributed by atoms with Gasteiger partial charge in [0.2, 0.25) is 11.8 Å². The van der Waals surface area contributed by atoms with Gasteiger partial charge in [-0.1, -0.05) is 12.1 Å². The topological polar surface area (TPSA) is 115 Å². The number of aromatic nitrogens is 4. The van der Waals surface area contributed by atoms with Gasteiger partial charge in [-0.05, 0) is 12.5 Å². The molecule has 3 aromatic heterocycles. The largest absolute Gasteiger partial charge is 0.362 e. The zero-order chi connectivity index (χ0) is 14.8. The fraction of sp³-hybridized carbons (Fsp3) is 0.333. The summed E-state index contributed by atoms with van der Waals surface area (Å²) in [5, 5.41) is 8.02. The lowest BCUT2D eigenvalue weighted by molar-refractivity contribution is 0.388. The molecule has 0 bridgehead atoms. The number of rotatable bonds is 5. The molecule has 9 heteroatoms. The predicted octanol–water partition coefficient (Wildman–Crippen LogP) is 1.84. The highest BCUT2D eigenvalue weighted by molar-refractivity contribution is 7.18. The second-order valence-electron chi connectivity index (χ2n) is 4.41. The van der Waals surface area contributed by atoms with E-state index < -0.39 is 0 Å². The molecule has 110 valence electrons. The molecule has 4 N–H and O–H groups in total. The maximum atomic E-state index is 5.42. The van der Waals surface area contributed by atoms with E-state index in [0.717, 1.165) is 16.6 Å². The first-order valence-corrected chi connectivity index (χ1v) is 7.31. The minimum absolute atomic E-state index is 0.374. The van der Waals surface area contributed by atoms with Crippen molar-refractivity contribution in [1.82, 2.24) is 20.1 Å². The van der Waals surface area contributed by atoms with E-state index >= 15 is 0 Å². The van der Waals surface area contributed by atoms with Crippen LogP contribution in [0.2, 0.25) is 0 Å². The normalized spacial score (nSPS) is 11.0. The van der Waals surface area contributed by atoms with Crippen molar-refractivity contribution in [3.8, 4) is 0 Å². The Balaban J connectivity index is 1.93. The Morgan fingerprint density at radius 2 is 2.19 bits per heavy atom. The van der Waals surface area contributed by atoms with Crippen LogP contribution in [0, 0.1) is 6.92 Å². The molecular weight excluding hydrogens is 290 g/mol. The lowest BCUT2D eigenvalue weighted by atomic mass is 10.3. The maximum absolute atomic E-state index is 5.42. The smallest absolute Gasteiger partial charge is 0.240 e. The molecule has 0 atom stereocenters. The summed E-state index contributed by atoms with van der Waals surface area (Å²) in [5.74, 6) is 7.61. The first-order chi connectivity index (χ1) is 10.2. The van der Waals surface area contributed by atoms with Gasteiger partial charge >= 0.3 is 0 Å². The van der Waals surface area contributed by atoms with Gasteiger partial charge in [0, 0.05) is 11.8 Å². The molecule has 0 aliphatic heterocycles. The number of aryl methyl sites for hydroxylation is 2. The number of nitrogens with one attached hydrogen (secondary N) is 2. The van der Waals surface area contributed by atoms with Gasteiger partial charge in [-0.15, -0.1) is 11.3 Å². The Morgan fingerprint density at radius 1 is 1.33 bits per heavy atom. The molecule has 0 amide bonds. The van der Waals surface area contributed by atoms with Crippen molar-refractivity contribution in [2.75, 3.05) is 10.7 Å². The molecular formula is C12H15N7OS. The van der Waals surface area contributed by atoms with Gasteiger partial charge in [0.1, 0.15) is 10.6 Å². The predicted molar refractivity (Wildman–Crippen MR) is 81.0 cm³/mol. The van der Waals surface area contributed by atoms with Gasteiger partial charge in [-0.2, -0.15) is 9.97 Å². The summed E-state index contributed by atoms with van der Waals surface area (Å²) in [5.41, 5.74) is 2.48. The zero-order valence-corrected chi connectivity index (χ0v) is 12.5. The molecule has 0 fully saturated rings. The highest BCUT2D eigenvalue weighted by Gasteiger charge is 2.12. The molecule has 0 spiro atoms. The van der Waals surface area contributed by atoms with Gasteiger partial charge in [-0.3, -0.25) is 5.43 Å². The Hall–Kier alpha value is -2.26. The van der Waals surface area contributed by atoms with Crippen LogP contribution in [0.3, 0.4) is 0 Å². The molecule has 3 heterocycles. The van der Waals surface area contributed by atoms with Crippen LogP contribution in [-0.2, 0) is 13.0 Å². The van der Waals surface area contributed by atoms with Crippen molar-refractivity contribution in [3.05, 3.63) is 22.7 Å². The number of nitrogens with zero attached hydrogens (tertiary/aromatic N) is 4. The second-order valence-corrected chi connectivity index (χ2v) is 5.52. The second kappa shape index (κ2) is 5.62. The average Bonchev–Trinajstić information content (AvgIpc) is 3.10. The summed E-state index contributed by atoms with van der Waals surface area (Å²) < 4.78 is 4.94. The first kappa shape index (κ1) is 13.7. The van der Waals surface area contributed by atoms with Crippen LogP contribution >= 0.6 is 11.3 Å². The van der Waals surface area contributed by atoms with E-state index in [2.05, 4.69) is 43.8 Å². The molecule has 0 aromatic carbocycles. The van der Waals surface area contributed by atoms with Crippen LogP contribution in [0.1, 0.15) is 23.5 Å². The molecule has 0 unspecified atom stereocenters. The quantitative estimate of drug-likeness (QED) is 0.483. The molecule has 0 aliphatic carbocycles. The van der Waals surface area contributed by atoms with Gasteiger partial charge in [0.15, 0.2) is 5.82 Å². The highest BCUT2D eigenvalue weighted by Crippen LogP contribution is 2.30. The minimum atomic E-state index is 0.374. The fourth-order valence-corrected chi connectivity index (χ4v) is 2.89. The molecule has 8 nitrogen and oxygen atoms in total. The first-order valence-electron chi connectivity index (χ1n) is 6.49. The van der Waals surface area contributed by atoms with Crippen LogP contribution in [-0.4, -0.2) is 20.1 Å².